The summed E-state index contributed by atoms with van der Waals surface area (Å²) in [6, 6.07) is 2.49. The van der Waals surface area contributed by atoms with Crippen molar-refractivity contribution in [3.63, 3.8) is 0 Å². The molecular formula is C11H13F2N. The van der Waals surface area contributed by atoms with E-state index in [2.05, 4.69) is 0 Å². The first-order valence-corrected chi connectivity index (χ1v) is 4.74. The van der Waals surface area contributed by atoms with E-state index in [9.17, 15) is 8.78 Å². The van der Waals surface area contributed by atoms with Gasteiger partial charge in [-0.15, -0.1) is 0 Å². The molecule has 0 aliphatic heterocycles. The van der Waals surface area contributed by atoms with Gasteiger partial charge in [0, 0.05) is 5.54 Å². The predicted octanol–water partition coefficient (Wildman–Crippen LogP) is 2.31. The summed E-state index contributed by atoms with van der Waals surface area (Å²) in [5.74, 6) is -0.703. The van der Waals surface area contributed by atoms with E-state index in [-0.39, 0.29) is 17.2 Å². The lowest BCUT2D eigenvalue weighted by atomic mass is 10.0. The molecule has 0 saturated heterocycles. The van der Waals surface area contributed by atoms with Gasteiger partial charge in [-0.05, 0) is 49.4 Å². The van der Waals surface area contributed by atoms with E-state index >= 15 is 0 Å². The third kappa shape index (κ3) is 1.77. The fraction of sp³-hybridized carbons (Fsp3) is 0.455. The van der Waals surface area contributed by atoms with Crippen LogP contribution in [0.2, 0.25) is 0 Å². The van der Waals surface area contributed by atoms with Gasteiger partial charge in [0.2, 0.25) is 0 Å². The molecule has 0 atom stereocenters. The molecule has 0 heterocycles. The van der Waals surface area contributed by atoms with Crippen LogP contribution in [0.25, 0.3) is 0 Å². The van der Waals surface area contributed by atoms with Crippen LogP contribution in [0.4, 0.5) is 8.78 Å². The summed E-state index contributed by atoms with van der Waals surface area (Å²) in [5, 5.41) is 0. The molecule has 14 heavy (non-hydrogen) atoms. The van der Waals surface area contributed by atoms with Crippen LogP contribution in [0.15, 0.2) is 12.1 Å². The van der Waals surface area contributed by atoms with Crippen LogP contribution in [0, 0.1) is 18.6 Å². The van der Waals surface area contributed by atoms with Crippen molar-refractivity contribution in [1.29, 1.82) is 0 Å². The minimum absolute atomic E-state index is 0.275. The summed E-state index contributed by atoms with van der Waals surface area (Å²) in [4.78, 5) is 0. The number of hydrogen-bond acceptors (Lipinski definition) is 1. The zero-order valence-corrected chi connectivity index (χ0v) is 8.11. The highest BCUT2D eigenvalue weighted by molar-refractivity contribution is 5.28. The Balaban J connectivity index is 2.29. The second-order valence-corrected chi connectivity index (χ2v) is 4.23. The van der Waals surface area contributed by atoms with Gasteiger partial charge in [0.05, 0.1) is 0 Å². The third-order valence-electron chi connectivity index (χ3n) is 2.76. The van der Waals surface area contributed by atoms with Gasteiger partial charge >= 0.3 is 0 Å². The van der Waals surface area contributed by atoms with E-state index in [0.717, 1.165) is 12.8 Å². The predicted molar refractivity (Wildman–Crippen MR) is 51.0 cm³/mol. The Morgan fingerprint density at radius 3 is 2.50 bits per heavy atom. The molecule has 1 aromatic rings. The first-order valence-electron chi connectivity index (χ1n) is 4.74. The third-order valence-corrected chi connectivity index (χ3v) is 2.76. The summed E-state index contributed by atoms with van der Waals surface area (Å²) in [6.45, 7) is 1.55. The molecule has 0 radical (unpaired) electrons. The van der Waals surface area contributed by atoms with Crippen molar-refractivity contribution in [3.05, 3.63) is 34.9 Å². The Kier molecular flexibility index (Phi) is 2.07. The van der Waals surface area contributed by atoms with Crippen LogP contribution < -0.4 is 5.73 Å². The summed E-state index contributed by atoms with van der Waals surface area (Å²) >= 11 is 0. The highest BCUT2D eigenvalue weighted by Gasteiger charge is 2.38. The van der Waals surface area contributed by atoms with Crippen molar-refractivity contribution in [2.45, 2.75) is 31.7 Å². The molecule has 2 rings (SSSR count). The molecule has 0 bridgehead atoms. The molecule has 1 fully saturated rings. The highest BCUT2D eigenvalue weighted by Crippen LogP contribution is 2.36. The van der Waals surface area contributed by atoms with Crippen LogP contribution in [0.1, 0.15) is 24.0 Å². The van der Waals surface area contributed by atoms with Gasteiger partial charge in [-0.3, -0.25) is 0 Å². The van der Waals surface area contributed by atoms with E-state index in [0.29, 0.717) is 17.5 Å². The Morgan fingerprint density at radius 2 is 1.93 bits per heavy atom. The van der Waals surface area contributed by atoms with Crippen LogP contribution >= 0.6 is 0 Å². The number of hydrogen-bond donors (Lipinski definition) is 1. The van der Waals surface area contributed by atoms with E-state index in [4.69, 9.17) is 5.73 Å². The summed E-state index contributed by atoms with van der Waals surface area (Å²) in [7, 11) is 0. The number of rotatable bonds is 2. The van der Waals surface area contributed by atoms with Crippen LogP contribution in [0.5, 0.6) is 0 Å². The van der Waals surface area contributed by atoms with Gasteiger partial charge in [0.25, 0.3) is 0 Å². The second kappa shape index (κ2) is 3.02. The molecule has 76 valence electrons. The van der Waals surface area contributed by atoms with E-state index < -0.39 is 0 Å². The average Bonchev–Trinajstić information content (AvgIpc) is 2.80. The summed E-state index contributed by atoms with van der Waals surface area (Å²) < 4.78 is 26.5. The van der Waals surface area contributed by atoms with Crippen molar-refractivity contribution in [2.24, 2.45) is 5.73 Å². The Bertz CT molecular complexity index is 370. The van der Waals surface area contributed by atoms with Crippen LogP contribution in [0.3, 0.4) is 0 Å². The lowest BCUT2D eigenvalue weighted by molar-refractivity contribution is 0.560. The quantitative estimate of drug-likeness (QED) is 0.773. The second-order valence-electron chi connectivity index (χ2n) is 4.23. The maximum absolute atomic E-state index is 13.4. The zero-order chi connectivity index (χ0) is 10.3. The molecule has 0 spiro atoms. The lowest BCUT2D eigenvalue weighted by Crippen LogP contribution is -2.25. The van der Waals surface area contributed by atoms with Crippen LogP contribution in [-0.4, -0.2) is 5.54 Å². The van der Waals surface area contributed by atoms with Crippen molar-refractivity contribution < 1.29 is 8.78 Å². The van der Waals surface area contributed by atoms with Gasteiger partial charge in [-0.2, -0.15) is 0 Å². The first-order chi connectivity index (χ1) is 6.50. The number of benzene rings is 1. The molecule has 0 unspecified atom stereocenters. The molecule has 1 aromatic carbocycles. The standard InChI is InChI=1S/C11H13F2N/c1-7-4-10(13)8(5-9(7)12)6-11(14)2-3-11/h4-5H,2-3,6,14H2,1H3. The Labute approximate surface area is 81.9 Å². The largest absolute Gasteiger partial charge is 0.325 e. The van der Waals surface area contributed by atoms with E-state index in [1.807, 2.05) is 0 Å². The van der Waals surface area contributed by atoms with Crippen molar-refractivity contribution in [2.75, 3.05) is 0 Å². The lowest BCUT2D eigenvalue weighted by Gasteiger charge is -2.10. The Morgan fingerprint density at radius 1 is 1.29 bits per heavy atom. The van der Waals surface area contributed by atoms with Crippen LogP contribution in [-0.2, 0) is 6.42 Å². The van der Waals surface area contributed by atoms with E-state index in [1.54, 1.807) is 6.92 Å². The number of halogens is 2. The smallest absolute Gasteiger partial charge is 0.126 e. The molecular weight excluding hydrogens is 184 g/mol. The maximum atomic E-state index is 13.4. The van der Waals surface area contributed by atoms with Crippen molar-refractivity contribution >= 4 is 0 Å². The average molecular weight is 197 g/mol. The molecule has 3 heteroatoms. The number of nitrogens with two attached hydrogens (primary N) is 1. The maximum Gasteiger partial charge on any atom is 0.126 e. The molecule has 0 aromatic heterocycles. The molecule has 1 aliphatic rings. The van der Waals surface area contributed by atoms with Gasteiger partial charge in [0.15, 0.2) is 0 Å². The zero-order valence-electron chi connectivity index (χ0n) is 8.11. The molecule has 1 nitrogen and oxygen atoms in total. The molecule has 0 amide bonds. The number of aryl methyl sites for hydroxylation is 1. The summed E-state index contributed by atoms with van der Waals surface area (Å²) in [5.41, 5.74) is 6.31. The highest BCUT2D eigenvalue weighted by atomic mass is 19.1. The Hall–Kier alpha value is -0.960. The van der Waals surface area contributed by atoms with Gasteiger partial charge < -0.3 is 5.73 Å². The normalized spacial score (nSPS) is 18.3. The van der Waals surface area contributed by atoms with E-state index in [1.165, 1.54) is 12.1 Å². The van der Waals surface area contributed by atoms with Gasteiger partial charge in [-0.25, -0.2) is 8.78 Å². The molecule has 1 saturated carbocycles. The van der Waals surface area contributed by atoms with Gasteiger partial charge in [-0.1, -0.05) is 0 Å². The SMILES string of the molecule is Cc1cc(F)c(CC2(N)CC2)cc1F. The topological polar surface area (TPSA) is 26.0 Å². The fourth-order valence-corrected chi connectivity index (χ4v) is 1.54. The molecule has 2 N–H and O–H groups in total. The fourth-order valence-electron chi connectivity index (χ4n) is 1.54. The monoisotopic (exact) mass is 197 g/mol. The minimum Gasteiger partial charge on any atom is -0.325 e. The molecule has 1 aliphatic carbocycles. The first kappa shape index (κ1) is 9.59. The summed E-state index contributed by atoms with van der Waals surface area (Å²) in [6.07, 6.45) is 2.25. The van der Waals surface area contributed by atoms with Gasteiger partial charge in [0.1, 0.15) is 11.6 Å². The van der Waals surface area contributed by atoms with Crippen molar-refractivity contribution in [3.8, 4) is 0 Å². The van der Waals surface area contributed by atoms with Crippen molar-refractivity contribution in [1.82, 2.24) is 0 Å². The minimum atomic E-state index is -0.356.